The number of carbonyl (C=O) groups excluding carboxylic acids is 4. The van der Waals surface area contributed by atoms with Crippen LogP contribution in [-0.2, 0) is 42.8 Å². The van der Waals surface area contributed by atoms with Gasteiger partial charge >= 0.3 is 0 Å². The Kier molecular flexibility index (Phi) is 18.4. The number of unbranched alkanes of at least 4 members (excludes halogenated alkanes) is 1. The zero-order valence-corrected chi connectivity index (χ0v) is 50.6. The van der Waals surface area contributed by atoms with Gasteiger partial charge in [-0.2, -0.15) is 0 Å². The number of benzene rings is 2. The highest BCUT2D eigenvalue weighted by molar-refractivity contribution is 5.98. The molecular formula is C64H88F2N12O6. The van der Waals surface area contributed by atoms with Crippen molar-refractivity contribution in [1.29, 1.82) is 0 Å². The lowest BCUT2D eigenvalue weighted by atomic mass is 9.91. The first kappa shape index (κ1) is 60.9. The summed E-state index contributed by atoms with van der Waals surface area (Å²) >= 11 is 0. The zero-order chi connectivity index (χ0) is 59.8. The molecule has 4 fully saturated rings. The molecule has 0 unspecified atom stereocenters. The summed E-state index contributed by atoms with van der Waals surface area (Å²) in [5, 5.41) is 7.26. The molecule has 2 aromatic heterocycles. The van der Waals surface area contributed by atoms with Crippen LogP contribution in [-0.4, -0.2) is 204 Å². The summed E-state index contributed by atoms with van der Waals surface area (Å²) in [4.78, 5) is 106. The molecule has 20 heteroatoms. The summed E-state index contributed by atoms with van der Waals surface area (Å²) < 4.78 is 27.3. The summed E-state index contributed by atoms with van der Waals surface area (Å²) in [5.74, 6) is -0.473. The minimum absolute atomic E-state index is 0.0187. The summed E-state index contributed by atoms with van der Waals surface area (Å²) in [7, 11) is 0. The van der Waals surface area contributed by atoms with Gasteiger partial charge in [0.15, 0.2) is 0 Å². The number of carbonyl (C=O) groups is 4. The second-order valence-corrected chi connectivity index (χ2v) is 26.5. The maximum absolute atomic E-state index is 14.4. The number of nitrogens with one attached hydrogen (secondary N) is 4. The average Bonchev–Trinajstić information content (AvgIpc) is 2.85. The number of anilines is 2. The second-order valence-electron chi connectivity index (χ2n) is 26.5. The number of pyridine rings is 2. The van der Waals surface area contributed by atoms with E-state index in [0.29, 0.717) is 102 Å². The van der Waals surface area contributed by atoms with Crippen molar-refractivity contribution in [3.63, 3.8) is 0 Å². The van der Waals surface area contributed by atoms with Crippen molar-refractivity contribution in [3.05, 3.63) is 127 Å². The summed E-state index contributed by atoms with van der Waals surface area (Å²) in [6, 6.07) is 16.7. The van der Waals surface area contributed by atoms with Gasteiger partial charge < -0.3 is 40.2 Å². The molecule has 454 valence electrons. The number of nitrogens with zero attached hydrogens (tertiary/aromatic N) is 8. The van der Waals surface area contributed by atoms with E-state index in [9.17, 15) is 37.5 Å². The molecule has 0 aliphatic carbocycles. The highest BCUT2D eigenvalue weighted by Crippen LogP contribution is 2.41. The second kappa shape index (κ2) is 25.4. The van der Waals surface area contributed by atoms with E-state index >= 15 is 0 Å². The molecular weight excluding hydrogens is 1070 g/mol. The topological polar surface area (TPSA) is 184 Å². The van der Waals surface area contributed by atoms with Gasteiger partial charge in [-0.3, -0.25) is 48.4 Å². The highest BCUT2D eigenvalue weighted by Gasteiger charge is 2.43. The Hall–Kier alpha value is -6.16. The minimum Gasteiger partial charge on any atom is -0.340 e. The van der Waals surface area contributed by atoms with Gasteiger partial charge in [-0.25, -0.2) is 8.78 Å². The Labute approximate surface area is 493 Å². The van der Waals surface area contributed by atoms with Crippen LogP contribution in [0.15, 0.2) is 70.3 Å². The Morgan fingerprint density at radius 2 is 0.905 bits per heavy atom. The lowest BCUT2D eigenvalue weighted by molar-refractivity contribution is -0.136. The van der Waals surface area contributed by atoms with E-state index in [1.54, 1.807) is 24.3 Å². The molecule has 4 amide bonds. The number of halogens is 2. The van der Waals surface area contributed by atoms with Crippen molar-refractivity contribution < 1.29 is 28.0 Å². The predicted octanol–water partition coefficient (Wildman–Crippen LogP) is 4.42. The molecule has 6 atom stereocenters. The number of amides is 4. The van der Waals surface area contributed by atoms with Crippen molar-refractivity contribution in [2.75, 3.05) is 115 Å². The number of hydrogen-bond donors (Lipinski definition) is 4. The smallest absolute Gasteiger partial charge is 0.251 e. The number of rotatable bonds is 17. The van der Waals surface area contributed by atoms with Gasteiger partial charge in [-0.15, -0.1) is 0 Å². The van der Waals surface area contributed by atoms with Crippen LogP contribution < -0.4 is 31.6 Å². The molecule has 6 aliphatic rings. The number of fused-ring (bicyclic) bond motifs is 2. The van der Waals surface area contributed by atoms with E-state index in [2.05, 4.69) is 67.9 Å². The van der Waals surface area contributed by atoms with Gasteiger partial charge in [0.1, 0.15) is 11.6 Å². The molecule has 0 spiro atoms. The van der Waals surface area contributed by atoms with Gasteiger partial charge in [-0.05, 0) is 88.1 Å². The van der Waals surface area contributed by atoms with Gasteiger partial charge in [-0.1, -0.05) is 52.0 Å². The molecule has 8 heterocycles. The molecule has 0 radical (unpaired) electrons. The summed E-state index contributed by atoms with van der Waals surface area (Å²) in [6.45, 7) is 26.5. The monoisotopic (exact) mass is 1160 g/mol. The van der Waals surface area contributed by atoms with E-state index in [1.165, 1.54) is 24.3 Å². The maximum Gasteiger partial charge on any atom is 0.251 e. The quantitative estimate of drug-likeness (QED) is 0.109. The number of hydrogen-bond acceptors (Lipinski definition) is 12. The van der Waals surface area contributed by atoms with Crippen LogP contribution in [0.4, 0.5) is 20.2 Å². The Balaban J connectivity index is 0.659. The molecule has 0 bridgehead atoms. The van der Waals surface area contributed by atoms with Gasteiger partial charge in [0, 0.05) is 187 Å². The average molecular weight is 1160 g/mol. The first-order chi connectivity index (χ1) is 40.0. The van der Waals surface area contributed by atoms with E-state index in [4.69, 9.17) is 0 Å². The molecule has 4 aromatic rings. The normalized spacial score (nSPS) is 24.8. The Morgan fingerprint density at radius 1 is 0.524 bits per heavy atom. The molecule has 84 heavy (non-hydrogen) atoms. The van der Waals surface area contributed by atoms with Gasteiger partial charge in [0.25, 0.3) is 11.1 Å². The first-order valence-corrected chi connectivity index (χ1v) is 30.6. The lowest BCUT2D eigenvalue weighted by Crippen LogP contribution is -2.63. The van der Waals surface area contributed by atoms with Crippen LogP contribution in [0.1, 0.15) is 115 Å². The zero-order valence-electron chi connectivity index (χ0n) is 50.6. The molecule has 4 N–H and O–H groups in total. The number of piperazine rings is 4. The third-order valence-corrected chi connectivity index (χ3v) is 18.7. The Bertz CT molecular complexity index is 2960. The molecule has 6 aliphatic heterocycles. The van der Waals surface area contributed by atoms with E-state index in [0.717, 1.165) is 73.2 Å². The van der Waals surface area contributed by atoms with Gasteiger partial charge in [0.2, 0.25) is 23.6 Å². The summed E-state index contributed by atoms with van der Waals surface area (Å²) in [6.07, 6.45) is 2.73. The third kappa shape index (κ3) is 13.9. The van der Waals surface area contributed by atoms with E-state index in [-0.39, 0.29) is 95.7 Å². The lowest BCUT2D eigenvalue weighted by Gasteiger charge is -2.46. The SMILES string of the molecule is C[C@@H]1CN(CC(=O)N2CC(C)(C)c3[nH]c(=O)c(Cc4ccc(F)cc4)cc32)[C@@H](CN2CCN(C(=O)CCCCC(=O)N3CCN(C[C@H]4CN[C@H](C)CN4CC(=O)N4CC(C)(C)c5[nH]c(=O)c(Cc6ccc(F)cc6)cc54)[C@H](C)C3)C[C@H]2C)CN1. The van der Waals surface area contributed by atoms with Crippen LogP contribution in [0.25, 0.3) is 0 Å². The van der Waals surface area contributed by atoms with E-state index < -0.39 is 10.8 Å². The third-order valence-electron chi connectivity index (χ3n) is 18.7. The number of H-pyrrole nitrogens is 2. The van der Waals surface area contributed by atoms with Crippen molar-refractivity contribution in [1.82, 2.24) is 50.0 Å². The fourth-order valence-corrected chi connectivity index (χ4v) is 13.8. The minimum atomic E-state index is -0.447. The van der Waals surface area contributed by atoms with Crippen molar-refractivity contribution in [2.24, 2.45) is 0 Å². The Morgan fingerprint density at radius 3 is 1.27 bits per heavy atom. The standard InChI is InChI=1S/C64H88F2N12O6/c1-41-31-75(37-57(81)77-39-63(5,6)59-53(77)27-47(61(83)69-59)25-45-13-17-49(65)18-14-45)51(29-67-41)35-71-21-23-73(33-43(71)3)55(79)11-9-10-12-56(80)74-24-22-72(44(4)34-74)36-52-30-68-42(2)32-76(52)38-58(82)78-40-64(7,8)60-54(78)28-48(62(84)70-60)26-46-15-19-50(66)20-16-46/h13-20,27-28,41-44,51-52,67-68H,9-12,21-26,29-40H2,1-8H3,(H,69,83)(H,70,84)/t41-,42-,43-,44-,51-,52-/m1/s1. The van der Waals surface area contributed by atoms with Crippen molar-refractivity contribution in [3.8, 4) is 0 Å². The fraction of sp³-hybridized carbons (Fsp3) is 0.594. The van der Waals surface area contributed by atoms with Crippen LogP contribution in [0.3, 0.4) is 0 Å². The van der Waals surface area contributed by atoms with Gasteiger partial charge in [0.05, 0.1) is 24.5 Å². The number of aromatic nitrogens is 2. The van der Waals surface area contributed by atoms with Crippen LogP contribution in [0.2, 0.25) is 0 Å². The highest BCUT2D eigenvalue weighted by atomic mass is 19.1. The number of aromatic amines is 2. The molecule has 10 rings (SSSR count). The largest absolute Gasteiger partial charge is 0.340 e. The predicted molar refractivity (Wildman–Crippen MR) is 323 cm³/mol. The van der Waals surface area contributed by atoms with Crippen molar-refractivity contribution in [2.45, 2.75) is 141 Å². The fourth-order valence-electron chi connectivity index (χ4n) is 13.8. The van der Waals surface area contributed by atoms with Crippen LogP contribution >= 0.6 is 0 Å². The molecule has 18 nitrogen and oxygen atoms in total. The van der Waals surface area contributed by atoms with E-state index in [1.807, 2.05) is 59.4 Å². The van der Waals surface area contributed by atoms with Crippen LogP contribution in [0, 0.1) is 11.6 Å². The van der Waals surface area contributed by atoms with Crippen LogP contribution in [0.5, 0.6) is 0 Å². The summed E-state index contributed by atoms with van der Waals surface area (Å²) in [5.41, 5.74) is 4.32. The molecule has 4 saturated heterocycles. The maximum atomic E-state index is 14.4. The molecule has 0 saturated carbocycles. The first-order valence-electron chi connectivity index (χ1n) is 30.6. The molecule has 2 aromatic carbocycles. The van der Waals surface area contributed by atoms with Crippen molar-refractivity contribution >= 4 is 35.0 Å².